The van der Waals surface area contributed by atoms with Crippen molar-refractivity contribution in [3.8, 4) is 12.3 Å². The van der Waals surface area contributed by atoms with Crippen LogP contribution >= 0.6 is 24.0 Å². The van der Waals surface area contributed by atoms with E-state index in [1.807, 2.05) is 6.92 Å². The summed E-state index contributed by atoms with van der Waals surface area (Å²) in [5, 5.41) is 8.62. The van der Waals surface area contributed by atoms with Crippen molar-refractivity contribution in [2.75, 3.05) is 24.7 Å². The molecule has 7 nitrogen and oxygen atoms in total. The number of guanidine groups is 1. The number of terminal acetylenes is 1. The number of halogens is 2. The summed E-state index contributed by atoms with van der Waals surface area (Å²) >= 11 is 0. The van der Waals surface area contributed by atoms with Crippen LogP contribution in [-0.2, 0) is 26.9 Å². The van der Waals surface area contributed by atoms with Gasteiger partial charge < -0.3 is 16.0 Å². The molecule has 2 aromatic rings. The van der Waals surface area contributed by atoms with Crippen molar-refractivity contribution >= 4 is 51.4 Å². The molecule has 0 fully saturated rings. The van der Waals surface area contributed by atoms with Gasteiger partial charge in [0.05, 0.1) is 18.8 Å². The number of nitrogens with one attached hydrogen (secondary N) is 3. The predicted octanol–water partition coefficient (Wildman–Crippen LogP) is 2.66. The largest absolute Gasteiger partial charge is 0.357 e. The van der Waals surface area contributed by atoms with Crippen LogP contribution in [0.15, 0.2) is 47.5 Å². The Labute approximate surface area is 205 Å². The lowest BCUT2D eigenvalue weighted by atomic mass is 10.1. The molecule has 0 unspecified atom stereocenters. The Balaban J connectivity index is 0.00000512. The van der Waals surface area contributed by atoms with Gasteiger partial charge in [-0.1, -0.05) is 18.1 Å². The molecule has 0 aliphatic heterocycles. The van der Waals surface area contributed by atoms with Crippen LogP contribution in [0.3, 0.4) is 0 Å². The fraction of sp³-hybridized carbons (Fsp3) is 0.273. The Kier molecular flexibility index (Phi) is 11.1. The van der Waals surface area contributed by atoms with E-state index in [1.165, 1.54) is 18.2 Å². The summed E-state index contributed by atoms with van der Waals surface area (Å²) in [6.07, 6.45) is 6.48. The minimum Gasteiger partial charge on any atom is -0.357 e. The van der Waals surface area contributed by atoms with E-state index in [0.717, 1.165) is 6.26 Å². The zero-order valence-electron chi connectivity index (χ0n) is 17.8. The van der Waals surface area contributed by atoms with E-state index >= 15 is 0 Å². The lowest BCUT2D eigenvalue weighted by Gasteiger charge is -2.13. The number of aliphatic imine (C=N–C) groups is 1. The quantitative estimate of drug-likeness (QED) is 0.196. The normalized spacial score (nSPS) is 11.1. The third kappa shape index (κ3) is 9.65. The molecule has 0 bridgehead atoms. The maximum atomic E-state index is 13.7. The summed E-state index contributed by atoms with van der Waals surface area (Å²) in [5.74, 6) is 1.85. The van der Waals surface area contributed by atoms with Crippen LogP contribution in [0.4, 0.5) is 10.1 Å². The number of hydrogen-bond donors (Lipinski definition) is 3. The molecular formula is C22H26FIN4O3S. The second-order valence-corrected chi connectivity index (χ2v) is 8.95. The number of sulfone groups is 1. The zero-order chi connectivity index (χ0) is 22.9. The number of nitrogens with zero attached hydrogens (tertiary/aromatic N) is 1. The highest BCUT2D eigenvalue weighted by atomic mass is 127. The Morgan fingerprint density at radius 3 is 2.56 bits per heavy atom. The molecule has 3 N–H and O–H groups in total. The van der Waals surface area contributed by atoms with Crippen LogP contribution in [0, 0.1) is 18.2 Å². The number of benzene rings is 2. The van der Waals surface area contributed by atoms with Crippen molar-refractivity contribution in [1.29, 1.82) is 0 Å². The van der Waals surface area contributed by atoms with Crippen molar-refractivity contribution in [2.45, 2.75) is 19.2 Å². The highest BCUT2D eigenvalue weighted by molar-refractivity contribution is 14.0. The highest BCUT2D eigenvalue weighted by Gasteiger charge is 2.11. The van der Waals surface area contributed by atoms with E-state index in [-0.39, 0.29) is 48.7 Å². The molecular weight excluding hydrogens is 546 g/mol. The standard InChI is InChI=1S/C22H25FN4O3S.HI/c1-4-16-7-6-8-20(11-16)27-21(28)14-26-22(24-5-2)25-13-18-12-19(23)10-9-17(18)15-31(3,29)30;/h1,6-12H,5,13-15H2,2-3H3,(H,27,28)(H2,24,25,26);1H. The fourth-order valence-electron chi connectivity index (χ4n) is 2.73. The molecule has 0 aromatic heterocycles. The molecule has 0 heterocycles. The molecule has 0 aliphatic carbocycles. The Hall–Kier alpha value is -2.65. The number of hydrogen-bond acceptors (Lipinski definition) is 4. The van der Waals surface area contributed by atoms with Gasteiger partial charge in [0.1, 0.15) is 5.82 Å². The number of carbonyl (C=O) groups is 1. The fourth-order valence-corrected chi connectivity index (χ4v) is 3.57. The average molecular weight is 572 g/mol. The summed E-state index contributed by atoms with van der Waals surface area (Å²) in [6.45, 7) is 2.38. The zero-order valence-corrected chi connectivity index (χ0v) is 21.0. The van der Waals surface area contributed by atoms with Crippen molar-refractivity contribution in [3.63, 3.8) is 0 Å². The lowest BCUT2D eigenvalue weighted by Crippen LogP contribution is -2.41. The second-order valence-electron chi connectivity index (χ2n) is 6.81. The van der Waals surface area contributed by atoms with E-state index < -0.39 is 15.7 Å². The molecule has 2 rings (SSSR count). The van der Waals surface area contributed by atoms with Gasteiger partial charge in [-0.25, -0.2) is 17.8 Å². The molecule has 0 saturated carbocycles. The third-order valence-corrected chi connectivity index (χ3v) is 4.90. The predicted molar refractivity (Wildman–Crippen MR) is 136 cm³/mol. The van der Waals surface area contributed by atoms with Crippen LogP contribution in [0.1, 0.15) is 23.6 Å². The highest BCUT2D eigenvalue weighted by Crippen LogP contribution is 2.15. The van der Waals surface area contributed by atoms with E-state index in [1.54, 1.807) is 24.3 Å². The number of rotatable bonds is 8. The van der Waals surface area contributed by atoms with Crippen molar-refractivity contribution in [2.24, 2.45) is 4.99 Å². The van der Waals surface area contributed by atoms with Gasteiger partial charge >= 0.3 is 0 Å². The SMILES string of the molecule is C#Cc1cccc(NC(=O)CNC(=NCc2cc(F)ccc2CS(C)(=O)=O)NCC)c1.I. The summed E-state index contributed by atoms with van der Waals surface area (Å²) in [6, 6.07) is 10.8. The third-order valence-electron chi connectivity index (χ3n) is 4.07. The molecule has 2 aromatic carbocycles. The van der Waals surface area contributed by atoms with Crippen LogP contribution in [0.2, 0.25) is 0 Å². The summed E-state index contributed by atoms with van der Waals surface area (Å²) in [4.78, 5) is 16.6. The summed E-state index contributed by atoms with van der Waals surface area (Å²) < 4.78 is 36.9. The smallest absolute Gasteiger partial charge is 0.243 e. The summed E-state index contributed by atoms with van der Waals surface area (Å²) in [7, 11) is -3.29. The molecule has 32 heavy (non-hydrogen) atoms. The van der Waals surface area contributed by atoms with Gasteiger partial charge in [-0.3, -0.25) is 4.79 Å². The van der Waals surface area contributed by atoms with Crippen LogP contribution < -0.4 is 16.0 Å². The van der Waals surface area contributed by atoms with Gasteiger partial charge in [-0.15, -0.1) is 30.4 Å². The maximum Gasteiger partial charge on any atom is 0.243 e. The Morgan fingerprint density at radius 1 is 1.16 bits per heavy atom. The van der Waals surface area contributed by atoms with Gasteiger partial charge in [-0.2, -0.15) is 0 Å². The molecule has 0 atom stereocenters. The maximum absolute atomic E-state index is 13.7. The van der Waals surface area contributed by atoms with Crippen LogP contribution in [0.5, 0.6) is 0 Å². The molecule has 0 saturated heterocycles. The van der Waals surface area contributed by atoms with Gasteiger partial charge in [0.15, 0.2) is 15.8 Å². The van der Waals surface area contributed by atoms with Crippen molar-refractivity contribution in [1.82, 2.24) is 10.6 Å². The number of amides is 1. The summed E-state index contributed by atoms with van der Waals surface area (Å²) in [5.41, 5.74) is 2.17. The first-order chi connectivity index (χ1) is 14.7. The minimum atomic E-state index is -3.29. The molecule has 1 amide bonds. The van der Waals surface area contributed by atoms with Crippen LogP contribution in [0.25, 0.3) is 0 Å². The van der Waals surface area contributed by atoms with E-state index in [9.17, 15) is 17.6 Å². The molecule has 0 aliphatic rings. The number of carbonyl (C=O) groups excluding carboxylic acids is 1. The monoisotopic (exact) mass is 572 g/mol. The molecule has 10 heteroatoms. The van der Waals surface area contributed by atoms with Gasteiger partial charge in [-0.05, 0) is 48.4 Å². The Morgan fingerprint density at radius 2 is 1.91 bits per heavy atom. The molecule has 0 spiro atoms. The first-order valence-electron chi connectivity index (χ1n) is 9.54. The first-order valence-corrected chi connectivity index (χ1v) is 11.6. The Bertz CT molecular complexity index is 1110. The van der Waals surface area contributed by atoms with E-state index in [2.05, 4.69) is 26.9 Å². The molecule has 0 radical (unpaired) electrons. The van der Waals surface area contributed by atoms with E-state index in [4.69, 9.17) is 6.42 Å². The van der Waals surface area contributed by atoms with Gasteiger partial charge in [0.25, 0.3) is 0 Å². The minimum absolute atomic E-state index is 0. The van der Waals surface area contributed by atoms with Gasteiger partial charge in [0, 0.05) is 24.1 Å². The first kappa shape index (κ1) is 27.4. The van der Waals surface area contributed by atoms with Crippen molar-refractivity contribution < 1.29 is 17.6 Å². The van der Waals surface area contributed by atoms with Crippen molar-refractivity contribution in [3.05, 3.63) is 65.0 Å². The lowest BCUT2D eigenvalue weighted by molar-refractivity contribution is -0.115. The van der Waals surface area contributed by atoms with Crippen LogP contribution in [-0.4, -0.2) is 39.6 Å². The van der Waals surface area contributed by atoms with Gasteiger partial charge in [0.2, 0.25) is 5.91 Å². The molecule has 172 valence electrons. The van der Waals surface area contributed by atoms with E-state index in [0.29, 0.717) is 34.9 Å². The topological polar surface area (TPSA) is 99.7 Å². The number of anilines is 1. The average Bonchev–Trinajstić information content (AvgIpc) is 2.71. The second kappa shape index (κ2) is 13.0.